The minimum atomic E-state index is -0.721. The molecule has 0 saturated carbocycles. The SMILES string of the molecule is CCCNC(=O)C(C)N(Cc1c(Cl)cccc1Cl)C(=O)COc1ccc(CC)cc1Br. The highest BCUT2D eigenvalue weighted by Crippen LogP contribution is 2.28. The number of halogens is 3. The number of carbonyl (C=O) groups excluding carboxylic acids is 2. The van der Waals surface area contributed by atoms with Gasteiger partial charge in [0, 0.05) is 28.7 Å². The average Bonchev–Trinajstić information content (AvgIpc) is 2.75. The zero-order valence-electron chi connectivity index (χ0n) is 17.9. The largest absolute Gasteiger partial charge is 0.483 e. The number of rotatable bonds is 10. The minimum absolute atomic E-state index is 0.0946. The Balaban J connectivity index is 2.22. The van der Waals surface area contributed by atoms with E-state index in [2.05, 4.69) is 28.2 Å². The topological polar surface area (TPSA) is 58.6 Å². The van der Waals surface area contributed by atoms with Crippen LogP contribution in [0.15, 0.2) is 40.9 Å². The molecule has 2 aromatic carbocycles. The van der Waals surface area contributed by atoms with Crippen molar-refractivity contribution in [3.8, 4) is 5.75 Å². The lowest BCUT2D eigenvalue weighted by Gasteiger charge is -2.29. The number of amides is 2. The first-order valence-corrected chi connectivity index (χ1v) is 11.7. The summed E-state index contributed by atoms with van der Waals surface area (Å²) in [5.41, 5.74) is 1.74. The van der Waals surface area contributed by atoms with Crippen LogP contribution in [0.4, 0.5) is 0 Å². The van der Waals surface area contributed by atoms with Gasteiger partial charge in [0.25, 0.3) is 5.91 Å². The fourth-order valence-electron chi connectivity index (χ4n) is 2.94. The van der Waals surface area contributed by atoms with Gasteiger partial charge in [0.2, 0.25) is 5.91 Å². The van der Waals surface area contributed by atoms with Gasteiger partial charge in [-0.25, -0.2) is 0 Å². The van der Waals surface area contributed by atoms with E-state index in [1.54, 1.807) is 25.1 Å². The molecule has 0 aliphatic carbocycles. The van der Waals surface area contributed by atoms with E-state index in [4.69, 9.17) is 27.9 Å². The molecule has 1 N–H and O–H groups in total. The second-order valence-corrected chi connectivity index (χ2v) is 8.76. The summed E-state index contributed by atoms with van der Waals surface area (Å²) < 4.78 is 6.52. The number of nitrogens with zero attached hydrogens (tertiary/aromatic N) is 1. The molecule has 5 nitrogen and oxygen atoms in total. The molecule has 2 aromatic rings. The summed E-state index contributed by atoms with van der Waals surface area (Å²) in [6.07, 6.45) is 1.70. The molecule has 168 valence electrons. The van der Waals surface area contributed by atoms with Gasteiger partial charge in [0.1, 0.15) is 11.8 Å². The van der Waals surface area contributed by atoms with Crippen molar-refractivity contribution in [1.82, 2.24) is 10.2 Å². The maximum absolute atomic E-state index is 13.1. The number of aryl methyl sites for hydroxylation is 1. The van der Waals surface area contributed by atoms with E-state index in [-0.39, 0.29) is 25.0 Å². The molecule has 0 aromatic heterocycles. The molecule has 0 heterocycles. The van der Waals surface area contributed by atoms with Gasteiger partial charge in [-0.2, -0.15) is 0 Å². The van der Waals surface area contributed by atoms with Crippen molar-refractivity contribution in [2.75, 3.05) is 13.2 Å². The molecular weight excluding hydrogens is 503 g/mol. The van der Waals surface area contributed by atoms with E-state index in [1.165, 1.54) is 4.90 Å². The first-order chi connectivity index (χ1) is 14.8. The summed E-state index contributed by atoms with van der Waals surface area (Å²) in [6.45, 7) is 6.11. The smallest absolute Gasteiger partial charge is 0.261 e. The number of ether oxygens (including phenoxy) is 1. The summed E-state index contributed by atoms with van der Waals surface area (Å²) >= 11 is 16.1. The van der Waals surface area contributed by atoms with Gasteiger partial charge < -0.3 is 15.0 Å². The normalized spacial score (nSPS) is 11.7. The predicted molar refractivity (Wildman–Crippen MR) is 129 cm³/mol. The summed E-state index contributed by atoms with van der Waals surface area (Å²) in [4.78, 5) is 27.1. The summed E-state index contributed by atoms with van der Waals surface area (Å²) in [6, 6.07) is 10.2. The second kappa shape index (κ2) is 12.3. The van der Waals surface area contributed by atoms with Crippen molar-refractivity contribution in [3.63, 3.8) is 0 Å². The van der Waals surface area contributed by atoms with Crippen molar-refractivity contribution in [3.05, 3.63) is 62.0 Å². The van der Waals surface area contributed by atoms with Gasteiger partial charge in [-0.05, 0) is 65.5 Å². The van der Waals surface area contributed by atoms with Gasteiger partial charge in [0.05, 0.1) is 4.47 Å². The van der Waals surface area contributed by atoms with Gasteiger partial charge in [-0.15, -0.1) is 0 Å². The van der Waals surface area contributed by atoms with Crippen LogP contribution in [-0.4, -0.2) is 35.9 Å². The Labute approximate surface area is 202 Å². The maximum Gasteiger partial charge on any atom is 0.261 e. The van der Waals surface area contributed by atoms with E-state index in [1.807, 2.05) is 25.1 Å². The lowest BCUT2D eigenvalue weighted by Crippen LogP contribution is -2.49. The van der Waals surface area contributed by atoms with E-state index >= 15 is 0 Å². The Morgan fingerprint density at radius 3 is 2.42 bits per heavy atom. The van der Waals surface area contributed by atoms with Gasteiger partial charge in [-0.3, -0.25) is 9.59 Å². The van der Waals surface area contributed by atoms with Crippen LogP contribution in [0.1, 0.15) is 38.3 Å². The highest BCUT2D eigenvalue weighted by atomic mass is 79.9. The van der Waals surface area contributed by atoms with Crippen LogP contribution in [-0.2, 0) is 22.6 Å². The van der Waals surface area contributed by atoms with Crippen LogP contribution < -0.4 is 10.1 Å². The third-order valence-corrected chi connectivity index (χ3v) is 6.19. The van der Waals surface area contributed by atoms with Crippen LogP contribution >= 0.6 is 39.1 Å². The van der Waals surface area contributed by atoms with Gasteiger partial charge in [0.15, 0.2) is 6.61 Å². The fraction of sp³-hybridized carbons (Fsp3) is 0.391. The molecule has 31 heavy (non-hydrogen) atoms. The van der Waals surface area contributed by atoms with E-state index in [0.29, 0.717) is 27.9 Å². The molecule has 1 unspecified atom stereocenters. The molecule has 2 rings (SSSR count). The molecule has 0 aliphatic heterocycles. The van der Waals surface area contributed by atoms with Crippen molar-refractivity contribution >= 4 is 50.9 Å². The van der Waals surface area contributed by atoms with Crippen LogP contribution in [0.2, 0.25) is 10.0 Å². The minimum Gasteiger partial charge on any atom is -0.483 e. The molecule has 0 saturated heterocycles. The number of hydrogen-bond acceptors (Lipinski definition) is 3. The highest BCUT2D eigenvalue weighted by molar-refractivity contribution is 9.10. The van der Waals surface area contributed by atoms with E-state index in [0.717, 1.165) is 22.9 Å². The van der Waals surface area contributed by atoms with Crippen LogP contribution in [0.25, 0.3) is 0 Å². The summed E-state index contributed by atoms with van der Waals surface area (Å²) in [7, 11) is 0. The molecule has 0 radical (unpaired) electrons. The highest BCUT2D eigenvalue weighted by Gasteiger charge is 2.27. The van der Waals surface area contributed by atoms with Crippen LogP contribution in [0.3, 0.4) is 0 Å². The molecular formula is C23H27BrCl2N2O3. The zero-order chi connectivity index (χ0) is 23.0. The average molecular weight is 530 g/mol. The van der Waals surface area contributed by atoms with Crippen LogP contribution in [0.5, 0.6) is 5.75 Å². The second-order valence-electron chi connectivity index (χ2n) is 7.10. The van der Waals surface area contributed by atoms with Crippen LogP contribution in [0, 0.1) is 0 Å². The monoisotopic (exact) mass is 528 g/mol. The lowest BCUT2D eigenvalue weighted by molar-refractivity contribution is -0.142. The molecule has 0 aliphatic rings. The zero-order valence-corrected chi connectivity index (χ0v) is 21.0. The third kappa shape index (κ3) is 7.13. The van der Waals surface area contributed by atoms with Crippen molar-refractivity contribution in [2.45, 2.75) is 46.2 Å². The quantitative estimate of drug-likeness (QED) is 0.433. The lowest BCUT2D eigenvalue weighted by atomic mass is 10.1. The Bertz CT molecular complexity index is 903. The van der Waals surface area contributed by atoms with Gasteiger partial charge in [-0.1, -0.05) is 49.2 Å². The number of hydrogen-bond donors (Lipinski definition) is 1. The summed E-state index contributed by atoms with van der Waals surface area (Å²) in [5, 5.41) is 3.70. The maximum atomic E-state index is 13.1. The molecule has 0 bridgehead atoms. The number of carbonyl (C=O) groups is 2. The van der Waals surface area contributed by atoms with E-state index < -0.39 is 6.04 Å². The summed E-state index contributed by atoms with van der Waals surface area (Å²) in [5.74, 6) is -0.0298. The molecule has 1 atom stereocenters. The Hall–Kier alpha value is -1.76. The first kappa shape index (κ1) is 25.5. The molecule has 8 heteroatoms. The molecule has 2 amide bonds. The van der Waals surface area contributed by atoms with Crippen molar-refractivity contribution in [2.24, 2.45) is 0 Å². The Morgan fingerprint density at radius 2 is 1.84 bits per heavy atom. The predicted octanol–water partition coefficient (Wildman–Crippen LogP) is 5.64. The van der Waals surface area contributed by atoms with Crippen molar-refractivity contribution in [1.29, 1.82) is 0 Å². The van der Waals surface area contributed by atoms with Crippen molar-refractivity contribution < 1.29 is 14.3 Å². The van der Waals surface area contributed by atoms with Gasteiger partial charge >= 0.3 is 0 Å². The Morgan fingerprint density at radius 1 is 1.16 bits per heavy atom. The molecule has 0 fully saturated rings. The third-order valence-electron chi connectivity index (χ3n) is 4.86. The van der Waals surface area contributed by atoms with E-state index in [9.17, 15) is 9.59 Å². The number of nitrogens with one attached hydrogen (secondary N) is 1. The first-order valence-electron chi connectivity index (χ1n) is 10.2. The Kier molecular flexibility index (Phi) is 10.1. The fourth-order valence-corrected chi connectivity index (χ4v) is 3.99. The number of benzene rings is 2. The molecule has 0 spiro atoms. The standard InChI is InChI=1S/C23H27BrCl2N2O3/c1-4-11-27-23(30)15(3)28(13-17-19(25)7-6-8-20(17)26)22(29)14-31-21-10-9-16(5-2)12-18(21)24/h6-10,12,15H,4-5,11,13-14H2,1-3H3,(H,27,30).